The second-order valence-electron chi connectivity index (χ2n) is 6.63. The Bertz CT molecular complexity index is 919. The normalized spacial score (nSPS) is 16.0. The Morgan fingerprint density at radius 1 is 1.38 bits per heavy atom. The van der Waals surface area contributed by atoms with E-state index in [1.165, 1.54) is 29.5 Å². The van der Waals surface area contributed by atoms with E-state index < -0.39 is 16.7 Å². The summed E-state index contributed by atoms with van der Waals surface area (Å²) >= 11 is 1.39. The van der Waals surface area contributed by atoms with Gasteiger partial charge in [-0.25, -0.2) is 0 Å². The molecule has 0 fully saturated rings. The lowest BCUT2D eigenvalue weighted by atomic mass is 9.88. The van der Waals surface area contributed by atoms with Gasteiger partial charge in [-0.2, -0.15) is 0 Å². The highest BCUT2D eigenvalue weighted by molar-refractivity contribution is 7.17. The second kappa shape index (κ2) is 6.87. The van der Waals surface area contributed by atoms with Gasteiger partial charge in [-0.05, 0) is 49.8 Å². The molecule has 0 spiro atoms. The van der Waals surface area contributed by atoms with Crippen LogP contribution in [0.15, 0.2) is 18.2 Å². The van der Waals surface area contributed by atoms with Gasteiger partial charge in [-0.3, -0.25) is 19.7 Å². The standard InChI is InChI=1S/C18H19N3O4S/c1-9-3-5-12-14(7-9)26-18(15(12)16(19)22)20-17(23)11-4-6-13(21(24)25)10(2)8-11/h4,6,8-9H,3,5,7H2,1-2H3,(H2,19,22)(H,20,23). The number of nitrogens with zero attached hydrogens (tertiary/aromatic N) is 1. The van der Waals surface area contributed by atoms with Crippen LogP contribution in [0.2, 0.25) is 0 Å². The van der Waals surface area contributed by atoms with E-state index >= 15 is 0 Å². The monoisotopic (exact) mass is 373 g/mol. The predicted octanol–water partition coefficient (Wildman–Crippen LogP) is 3.44. The van der Waals surface area contributed by atoms with Gasteiger partial charge in [-0.15, -0.1) is 11.3 Å². The molecule has 1 aromatic heterocycles. The summed E-state index contributed by atoms with van der Waals surface area (Å²) in [6, 6.07) is 4.17. The molecular formula is C18H19N3O4S. The van der Waals surface area contributed by atoms with Crippen LogP contribution >= 0.6 is 11.3 Å². The van der Waals surface area contributed by atoms with Crippen LogP contribution < -0.4 is 11.1 Å². The summed E-state index contributed by atoms with van der Waals surface area (Å²) in [6.07, 6.45) is 2.63. The minimum absolute atomic E-state index is 0.0417. The van der Waals surface area contributed by atoms with E-state index in [1.54, 1.807) is 6.92 Å². The molecule has 2 amide bonds. The Hall–Kier alpha value is -2.74. The van der Waals surface area contributed by atoms with Gasteiger partial charge < -0.3 is 11.1 Å². The first kappa shape index (κ1) is 18.1. The number of nitrogens with two attached hydrogens (primary N) is 1. The molecule has 0 saturated carbocycles. The fourth-order valence-electron chi connectivity index (χ4n) is 3.28. The maximum Gasteiger partial charge on any atom is 0.272 e. The number of rotatable bonds is 4. The Kier molecular flexibility index (Phi) is 4.78. The molecule has 1 aliphatic rings. The zero-order chi connectivity index (χ0) is 19.0. The maximum absolute atomic E-state index is 12.6. The van der Waals surface area contributed by atoms with Crippen LogP contribution in [0.1, 0.15) is 50.1 Å². The first-order valence-corrected chi connectivity index (χ1v) is 9.10. The van der Waals surface area contributed by atoms with Crippen LogP contribution in [0, 0.1) is 23.0 Å². The van der Waals surface area contributed by atoms with Crippen molar-refractivity contribution >= 4 is 33.8 Å². The van der Waals surface area contributed by atoms with Gasteiger partial charge in [0.25, 0.3) is 17.5 Å². The number of anilines is 1. The van der Waals surface area contributed by atoms with Gasteiger partial charge in [0.05, 0.1) is 10.5 Å². The summed E-state index contributed by atoms with van der Waals surface area (Å²) < 4.78 is 0. The third kappa shape index (κ3) is 3.32. The number of benzene rings is 1. The van der Waals surface area contributed by atoms with Crippen molar-refractivity contribution in [2.75, 3.05) is 5.32 Å². The van der Waals surface area contributed by atoms with Crippen molar-refractivity contribution < 1.29 is 14.5 Å². The minimum Gasteiger partial charge on any atom is -0.365 e. The number of primary amides is 1. The summed E-state index contributed by atoms with van der Waals surface area (Å²) in [7, 11) is 0. The molecule has 7 nitrogen and oxygen atoms in total. The first-order valence-electron chi connectivity index (χ1n) is 8.28. The van der Waals surface area contributed by atoms with Gasteiger partial charge in [0.2, 0.25) is 0 Å². The molecule has 0 radical (unpaired) electrons. The molecule has 8 heteroatoms. The molecule has 1 unspecified atom stereocenters. The molecule has 0 saturated heterocycles. The lowest BCUT2D eigenvalue weighted by Gasteiger charge is -2.18. The molecule has 136 valence electrons. The third-order valence-corrected chi connectivity index (χ3v) is 5.81. The van der Waals surface area contributed by atoms with Gasteiger partial charge in [-0.1, -0.05) is 6.92 Å². The Morgan fingerprint density at radius 2 is 2.12 bits per heavy atom. The smallest absolute Gasteiger partial charge is 0.272 e. The molecule has 1 aliphatic carbocycles. The molecule has 26 heavy (non-hydrogen) atoms. The van der Waals surface area contributed by atoms with Crippen LogP contribution in [0.3, 0.4) is 0 Å². The summed E-state index contributed by atoms with van der Waals surface area (Å²) in [5.41, 5.74) is 7.54. The lowest BCUT2D eigenvalue weighted by Crippen LogP contribution is -2.19. The SMILES string of the molecule is Cc1cc(C(=O)Nc2sc3c(c2C(N)=O)CCC(C)C3)ccc1[N+](=O)[O-]. The second-order valence-corrected chi connectivity index (χ2v) is 7.74. The highest BCUT2D eigenvalue weighted by Gasteiger charge is 2.27. The van der Waals surface area contributed by atoms with Gasteiger partial charge in [0, 0.05) is 22.1 Å². The van der Waals surface area contributed by atoms with E-state index in [4.69, 9.17) is 5.73 Å². The zero-order valence-corrected chi connectivity index (χ0v) is 15.3. The van der Waals surface area contributed by atoms with E-state index in [9.17, 15) is 19.7 Å². The molecule has 3 rings (SSSR count). The molecular weight excluding hydrogens is 354 g/mol. The number of nitrogens with one attached hydrogen (secondary N) is 1. The highest BCUT2D eigenvalue weighted by Crippen LogP contribution is 2.39. The molecule has 0 bridgehead atoms. The quantitative estimate of drug-likeness (QED) is 0.631. The van der Waals surface area contributed by atoms with E-state index in [-0.39, 0.29) is 5.69 Å². The van der Waals surface area contributed by atoms with E-state index in [0.29, 0.717) is 27.6 Å². The van der Waals surface area contributed by atoms with Crippen LogP contribution in [-0.4, -0.2) is 16.7 Å². The number of carbonyl (C=O) groups excluding carboxylic acids is 2. The van der Waals surface area contributed by atoms with E-state index in [1.807, 2.05) is 0 Å². The Morgan fingerprint density at radius 3 is 2.73 bits per heavy atom. The number of hydrogen-bond acceptors (Lipinski definition) is 5. The third-order valence-electron chi connectivity index (χ3n) is 4.64. The number of nitro groups is 1. The molecule has 1 atom stereocenters. The minimum atomic E-state index is -0.549. The van der Waals surface area contributed by atoms with Gasteiger partial charge in [0.15, 0.2) is 0 Å². The summed E-state index contributed by atoms with van der Waals surface area (Å²) in [4.78, 5) is 36.0. The Balaban J connectivity index is 1.91. The first-order chi connectivity index (χ1) is 12.3. The summed E-state index contributed by atoms with van der Waals surface area (Å²) in [5, 5.41) is 14.1. The highest BCUT2D eigenvalue weighted by atomic mass is 32.1. The number of carbonyl (C=O) groups is 2. The number of thiophene rings is 1. The number of fused-ring (bicyclic) bond motifs is 1. The van der Waals surface area contributed by atoms with Crippen molar-refractivity contribution in [1.29, 1.82) is 0 Å². The van der Waals surface area contributed by atoms with Crippen molar-refractivity contribution in [3.63, 3.8) is 0 Å². The van der Waals surface area contributed by atoms with E-state index in [2.05, 4.69) is 12.2 Å². The number of aryl methyl sites for hydroxylation is 1. The zero-order valence-electron chi connectivity index (χ0n) is 14.5. The summed E-state index contributed by atoms with van der Waals surface area (Å²) in [5.74, 6) is -0.438. The molecule has 1 aromatic carbocycles. The van der Waals surface area contributed by atoms with Crippen LogP contribution in [0.25, 0.3) is 0 Å². The average Bonchev–Trinajstić information content (AvgIpc) is 2.91. The number of amides is 2. The topological polar surface area (TPSA) is 115 Å². The largest absolute Gasteiger partial charge is 0.365 e. The summed E-state index contributed by atoms with van der Waals surface area (Å²) in [6.45, 7) is 3.74. The van der Waals surface area contributed by atoms with Crippen molar-refractivity contribution in [2.45, 2.75) is 33.1 Å². The Labute approximate surface area is 154 Å². The number of nitro benzene ring substituents is 1. The van der Waals surface area contributed by atoms with Gasteiger partial charge >= 0.3 is 0 Å². The van der Waals surface area contributed by atoms with E-state index in [0.717, 1.165) is 29.7 Å². The number of hydrogen-bond donors (Lipinski definition) is 2. The van der Waals surface area contributed by atoms with Crippen LogP contribution in [-0.2, 0) is 12.8 Å². The van der Waals surface area contributed by atoms with Gasteiger partial charge in [0.1, 0.15) is 5.00 Å². The van der Waals surface area contributed by atoms with Crippen molar-refractivity contribution in [3.8, 4) is 0 Å². The van der Waals surface area contributed by atoms with Crippen molar-refractivity contribution in [2.24, 2.45) is 11.7 Å². The maximum atomic E-state index is 12.6. The van der Waals surface area contributed by atoms with Crippen molar-refractivity contribution in [3.05, 3.63) is 55.4 Å². The van der Waals surface area contributed by atoms with Crippen molar-refractivity contribution in [1.82, 2.24) is 0 Å². The average molecular weight is 373 g/mol. The molecule has 0 aliphatic heterocycles. The molecule has 2 aromatic rings. The van der Waals surface area contributed by atoms with Crippen LogP contribution in [0.5, 0.6) is 0 Å². The fourth-order valence-corrected chi connectivity index (χ4v) is 4.69. The van der Waals surface area contributed by atoms with Crippen LogP contribution in [0.4, 0.5) is 10.7 Å². The lowest BCUT2D eigenvalue weighted by molar-refractivity contribution is -0.385. The molecule has 3 N–H and O–H groups in total. The predicted molar refractivity (Wildman–Crippen MR) is 99.8 cm³/mol. The fraction of sp³-hybridized carbons (Fsp3) is 0.333. The molecule has 1 heterocycles.